The quantitative estimate of drug-likeness (QED) is 0.155. The first-order chi connectivity index (χ1) is 29.2. The van der Waals surface area contributed by atoms with Crippen LogP contribution in [-0.4, -0.2) is 24.1 Å². The molecule has 4 heterocycles. The van der Waals surface area contributed by atoms with E-state index in [2.05, 4.69) is 205 Å². The molecule has 0 aliphatic rings. The van der Waals surface area contributed by atoms with E-state index in [1.807, 2.05) is 30.5 Å². The summed E-state index contributed by atoms with van der Waals surface area (Å²) in [6.45, 7) is 0. The number of fused-ring (bicyclic) bond motifs is 4. The van der Waals surface area contributed by atoms with Gasteiger partial charge in [-0.25, -0.2) is 9.97 Å². The van der Waals surface area contributed by atoms with Gasteiger partial charge in [0.2, 0.25) is 0 Å². The van der Waals surface area contributed by atoms with Crippen molar-refractivity contribution >= 4 is 49.8 Å². The second kappa shape index (κ2) is 14.4. The van der Waals surface area contributed by atoms with E-state index in [1.54, 1.807) is 12.4 Å². The maximum atomic E-state index is 4.57. The molecule has 59 heavy (non-hydrogen) atoms. The van der Waals surface area contributed by atoms with Gasteiger partial charge in [-0.15, -0.1) is 0 Å². The molecule has 0 radical (unpaired) electrons. The normalized spacial score (nSPS) is 11.4. The summed E-state index contributed by atoms with van der Waals surface area (Å²) in [7, 11) is 0. The minimum Gasteiger partial charge on any atom is -0.317 e. The van der Waals surface area contributed by atoms with Crippen LogP contribution in [0.4, 0.5) is 17.1 Å². The van der Waals surface area contributed by atoms with Crippen molar-refractivity contribution in [2.45, 2.75) is 0 Å². The minimum atomic E-state index is 0.702. The Bertz CT molecular complexity index is 3130. The van der Waals surface area contributed by atoms with E-state index < -0.39 is 0 Å². The first-order valence-corrected chi connectivity index (χ1v) is 19.7. The van der Waals surface area contributed by atoms with Gasteiger partial charge >= 0.3 is 0 Å². The van der Waals surface area contributed by atoms with Crippen LogP contribution in [0.5, 0.6) is 0 Å². The van der Waals surface area contributed by atoms with Crippen LogP contribution < -0.4 is 4.90 Å². The highest BCUT2D eigenvalue weighted by atomic mass is 15.1. The predicted molar refractivity (Wildman–Crippen MR) is 242 cm³/mol. The summed E-state index contributed by atoms with van der Waals surface area (Å²) >= 11 is 0. The Hall–Kier alpha value is -8.09. The molecule has 0 bridgehead atoms. The summed E-state index contributed by atoms with van der Waals surface area (Å²) < 4.78 is 4.67. The average Bonchev–Trinajstić information content (AvgIpc) is 3.88. The van der Waals surface area contributed by atoms with Crippen LogP contribution in [0, 0.1) is 0 Å². The van der Waals surface area contributed by atoms with Crippen molar-refractivity contribution < 1.29 is 0 Å². The number of benzene rings is 7. The lowest BCUT2D eigenvalue weighted by atomic mass is 10.0. The second-order valence-electron chi connectivity index (χ2n) is 14.6. The Morgan fingerprint density at radius 3 is 1.61 bits per heavy atom. The van der Waals surface area contributed by atoms with Crippen LogP contribution in [-0.2, 0) is 0 Å². The first-order valence-electron chi connectivity index (χ1n) is 19.7. The Labute approximate surface area is 341 Å². The number of nitrogens with zero attached hydrogens (tertiary/aromatic N) is 6. The fourth-order valence-electron chi connectivity index (χ4n) is 8.27. The molecule has 4 aromatic heterocycles. The molecule has 0 N–H and O–H groups in total. The van der Waals surface area contributed by atoms with Gasteiger partial charge in [-0.3, -0.25) is 4.98 Å². The number of hydrogen-bond donors (Lipinski definition) is 0. The molecular weight excluding hydrogens is 721 g/mol. The molecule has 0 saturated heterocycles. The zero-order valence-electron chi connectivity index (χ0n) is 32.0. The van der Waals surface area contributed by atoms with Crippen LogP contribution >= 0.6 is 0 Å². The van der Waals surface area contributed by atoms with Gasteiger partial charge in [-0.1, -0.05) is 72.8 Å². The smallest absolute Gasteiger partial charge is 0.159 e. The zero-order chi connectivity index (χ0) is 39.1. The van der Waals surface area contributed by atoms with Gasteiger partial charge in [-0.2, -0.15) is 0 Å². The Morgan fingerprint density at radius 2 is 0.949 bits per heavy atom. The van der Waals surface area contributed by atoms with E-state index in [1.165, 1.54) is 32.7 Å². The van der Waals surface area contributed by atoms with Gasteiger partial charge in [-0.05, 0) is 132 Å². The Kier molecular flexibility index (Phi) is 8.37. The maximum Gasteiger partial charge on any atom is 0.159 e. The molecule has 0 saturated carbocycles. The zero-order valence-corrected chi connectivity index (χ0v) is 32.0. The number of aromatic nitrogens is 5. The van der Waals surface area contributed by atoms with Gasteiger partial charge in [0, 0.05) is 80.5 Å². The highest BCUT2D eigenvalue weighted by Gasteiger charge is 2.18. The monoisotopic (exact) mass is 756 g/mol. The van der Waals surface area contributed by atoms with Crippen molar-refractivity contribution in [3.05, 3.63) is 219 Å². The van der Waals surface area contributed by atoms with Crippen molar-refractivity contribution in [1.82, 2.24) is 24.1 Å². The molecule has 0 spiro atoms. The minimum absolute atomic E-state index is 0.702. The lowest BCUT2D eigenvalue weighted by molar-refractivity contribution is 1.13. The predicted octanol–water partition coefficient (Wildman–Crippen LogP) is 13.4. The Morgan fingerprint density at radius 1 is 0.373 bits per heavy atom. The topological polar surface area (TPSA) is 51.8 Å². The number of hydrogen-bond acceptors (Lipinski definition) is 4. The third-order valence-electron chi connectivity index (χ3n) is 11.1. The van der Waals surface area contributed by atoms with Gasteiger partial charge in [0.25, 0.3) is 0 Å². The third kappa shape index (κ3) is 6.20. The number of pyridine rings is 1. The van der Waals surface area contributed by atoms with Crippen molar-refractivity contribution in [3.8, 4) is 45.1 Å². The highest BCUT2D eigenvalue weighted by Crippen LogP contribution is 2.40. The lowest BCUT2D eigenvalue weighted by Crippen LogP contribution is -2.09. The van der Waals surface area contributed by atoms with E-state index in [0.717, 1.165) is 56.4 Å². The van der Waals surface area contributed by atoms with E-state index in [4.69, 9.17) is 0 Å². The molecule has 0 aliphatic heterocycles. The fourth-order valence-corrected chi connectivity index (χ4v) is 8.27. The van der Waals surface area contributed by atoms with Gasteiger partial charge in [0.1, 0.15) is 0 Å². The van der Waals surface area contributed by atoms with Gasteiger partial charge < -0.3 is 14.0 Å². The second-order valence-corrected chi connectivity index (χ2v) is 14.6. The summed E-state index contributed by atoms with van der Waals surface area (Å²) in [6, 6.07) is 68.7. The standard InChI is InChI=1S/C53H36N6/c1-3-10-42(11-4-1)57-33-29-41-35-52-48(36-51(41)57)47-34-40(21-28-50(47)59(52)43-12-5-2-6-13-43)37-15-22-44(23-16-37)58(45-24-17-38(18-25-45)49-14-7-8-30-54-49)46-26-19-39(20-27-46)53-55-31-9-32-56-53/h1-36H. The fraction of sp³-hybridized carbons (Fsp3) is 0. The van der Waals surface area contributed by atoms with Gasteiger partial charge in [0.05, 0.1) is 22.2 Å². The molecule has 11 rings (SSSR count). The molecule has 6 heteroatoms. The van der Waals surface area contributed by atoms with E-state index in [-0.39, 0.29) is 0 Å². The van der Waals surface area contributed by atoms with Crippen molar-refractivity contribution in [3.63, 3.8) is 0 Å². The van der Waals surface area contributed by atoms with E-state index in [9.17, 15) is 0 Å². The summed E-state index contributed by atoms with van der Waals surface area (Å²) in [5.74, 6) is 0.702. The number of anilines is 3. The average molecular weight is 757 g/mol. The maximum absolute atomic E-state index is 4.57. The van der Waals surface area contributed by atoms with Gasteiger partial charge in [0.15, 0.2) is 5.82 Å². The number of rotatable bonds is 8. The lowest BCUT2D eigenvalue weighted by Gasteiger charge is -2.26. The SMILES string of the molecule is c1ccc(-n2ccc3cc4c(cc32)c2cc(-c3ccc(N(c5ccc(-c6ccccn6)cc5)c5ccc(-c6ncccn6)cc5)cc3)ccc2n4-c2ccccc2)cc1. The molecule has 11 aromatic rings. The summed E-state index contributed by atoms with van der Waals surface area (Å²) in [4.78, 5) is 15.8. The molecule has 278 valence electrons. The molecule has 7 aromatic carbocycles. The highest BCUT2D eigenvalue weighted by molar-refractivity contribution is 6.14. The molecule has 0 amide bonds. The van der Waals surface area contributed by atoms with Crippen LogP contribution in [0.1, 0.15) is 0 Å². The molecule has 0 aliphatic carbocycles. The molecule has 0 unspecified atom stereocenters. The molecule has 6 nitrogen and oxygen atoms in total. The molecule has 0 atom stereocenters. The summed E-state index contributed by atoms with van der Waals surface area (Å²) in [6.07, 6.45) is 7.55. The van der Waals surface area contributed by atoms with Crippen molar-refractivity contribution in [2.75, 3.05) is 4.90 Å². The first kappa shape index (κ1) is 34.2. The van der Waals surface area contributed by atoms with Crippen LogP contribution in [0.15, 0.2) is 219 Å². The Balaban J connectivity index is 1.01. The third-order valence-corrected chi connectivity index (χ3v) is 11.1. The van der Waals surface area contributed by atoms with Crippen molar-refractivity contribution in [2.24, 2.45) is 0 Å². The molecule has 0 fully saturated rings. The molecular formula is C53H36N6. The summed E-state index contributed by atoms with van der Waals surface area (Å²) in [5, 5.41) is 3.64. The van der Waals surface area contributed by atoms with Crippen LogP contribution in [0.3, 0.4) is 0 Å². The number of para-hydroxylation sites is 2. The van der Waals surface area contributed by atoms with E-state index in [0.29, 0.717) is 5.82 Å². The summed E-state index contributed by atoms with van der Waals surface area (Å²) in [5.41, 5.74) is 14.2. The van der Waals surface area contributed by atoms with Crippen molar-refractivity contribution in [1.29, 1.82) is 0 Å². The van der Waals surface area contributed by atoms with E-state index >= 15 is 0 Å². The van der Waals surface area contributed by atoms with Crippen LogP contribution in [0.25, 0.3) is 77.9 Å². The van der Waals surface area contributed by atoms with Crippen LogP contribution in [0.2, 0.25) is 0 Å². The largest absolute Gasteiger partial charge is 0.317 e.